The molecule has 1 atom stereocenters. The van der Waals surface area contributed by atoms with Crippen LogP contribution < -0.4 is 4.90 Å². The summed E-state index contributed by atoms with van der Waals surface area (Å²) in [6.45, 7) is 0.394. The first kappa shape index (κ1) is 13.1. The molecule has 0 aliphatic carbocycles. The topological polar surface area (TPSA) is 42.4 Å². The predicted molar refractivity (Wildman–Crippen MR) is 79.7 cm³/mol. The van der Waals surface area contributed by atoms with Gasteiger partial charge in [0.15, 0.2) is 0 Å². The molecule has 5 heteroatoms. The van der Waals surface area contributed by atoms with Crippen LogP contribution in [-0.4, -0.2) is 23.7 Å². The average Bonchev–Trinajstić information content (AvgIpc) is 2.82. The summed E-state index contributed by atoms with van der Waals surface area (Å²) in [4.78, 5) is 17.8. The first-order valence-corrected chi connectivity index (χ1v) is 7.15. The van der Waals surface area contributed by atoms with Gasteiger partial charge in [-0.1, -0.05) is 30.3 Å². The molecule has 1 aromatic heterocycles. The molecule has 20 heavy (non-hydrogen) atoms. The Bertz CT molecular complexity index is 601. The van der Waals surface area contributed by atoms with Crippen molar-refractivity contribution in [3.8, 4) is 0 Å². The molecule has 0 spiro atoms. The first-order valence-electron chi connectivity index (χ1n) is 6.35. The van der Waals surface area contributed by atoms with Crippen LogP contribution >= 0.6 is 15.9 Å². The first-order chi connectivity index (χ1) is 9.74. The van der Waals surface area contributed by atoms with Crippen LogP contribution in [0.4, 0.5) is 10.6 Å². The van der Waals surface area contributed by atoms with Gasteiger partial charge in [-0.25, -0.2) is 9.78 Å². The summed E-state index contributed by atoms with van der Waals surface area (Å²) in [6, 6.07) is 13.7. The van der Waals surface area contributed by atoms with Crippen molar-refractivity contribution >= 4 is 27.8 Å². The van der Waals surface area contributed by atoms with Gasteiger partial charge < -0.3 is 4.74 Å². The van der Waals surface area contributed by atoms with E-state index in [-0.39, 0.29) is 12.1 Å². The van der Waals surface area contributed by atoms with Gasteiger partial charge in [-0.05, 0) is 40.0 Å². The van der Waals surface area contributed by atoms with Crippen LogP contribution in [0, 0.1) is 0 Å². The molecule has 1 saturated heterocycles. The number of benzene rings is 1. The Balaban J connectivity index is 1.83. The van der Waals surface area contributed by atoms with Crippen molar-refractivity contribution in [3.63, 3.8) is 0 Å². The smallest absolute Gasteiger partial charge is 0.415 e. The molecular weight excluding hydrogens is 320 g/mol. The second-order valence-corrected chi connectivity index (χ2v) is 5.54. The zero-order chi connectivity index (χ0) is 13.9. The molecule has 2 aromatic rings. The molecule has 3 rings (SSSR count). The molecule has 1 aliphatic rings. The number of rotatable bonds is 3. The lowest BCUT2D eigenvalue weighted by Gasteiger charge is -2.20. The maximum Gasteiger partial charge on any atom is 0.415 e. The molecule has 1 fully saturated rings. The number of nitrogens with zero attached hydrogens (tertiary/aromatic N) is 2. The van der Waals surface area contributed by atoms with Crippen molar-refractivity contribution in [3.05, 3.63) is 58.7 Å². The average molecular weight is 333 g/mol. The zero-order valence-corrected chi connectivity index (χ0v) is 12.3. The number of anilines is 1. The van der Waals surface area contributed by atoms with E-state index in [1.807, 2.05) is 30.3 Å². The maximum atomic E-state index is 11.9. The monoisotopic (exact) mass is 332 g/mol. The fourth-order valence-electron chi connectivity index (χ4n) is 2.29. The normalized spacial score (nSPS) is 18.1. The van der Waals surface area contributed by atoms with E-state index >= 15 is 0 Å². The third-order valence-electron chi connectivity index (χ3n) is 3.23. The Morgan fingerprint density at radius 2 is 2.05 bits per heavy atom. The molecule has 0 saturated carbocycles. The second-order valence-electron chi connectivity index (χ2n) is 4.63. The minimum absolute atomic E-state index is 0.0152. The summed E-state index contributed by atoms with van der Waals surface area (Å²) in [5.41, 5.74) is 1.18. The van der Waals surface area contributed by atoms with Crippen LogP contribution in [0.2, 0.25) is 0 Å². The lowest BCUT2D eigenvalue weighted by Crippen LogP contribution is -2.35. The number of cyclic esters (lactones) is 1. The number of pyridine rings is 1. The van der Waals surface area contributed by atoms with Gasteiger partial charge in [0.25, 0.3) is 0 Å². The molecule has 1 aliphatic heterocycles. The number of amides is 1. The summed E-state index contributed by atoms with van der Waals surface area (Å²) >= 11 is 3.34. The summed E-state index contributed by atoms with van der Waals surface area (Å²) in [5, 5.41) is 0. The summed E-state index contributed by atoms with van der Waals surface area (Å²) in [6.07, 6.45) is 2.10. The molecule has 1 aromatic carbocycles. The van der Waals surface area contributed by atoms with Crippen molar-refractivity contribution in [1.29, 1.82) is 0 Å². The Hall–Kier alpha value is -1.88. The van der Waals surface area contributed by atoms with E-state index in [0.29, 0.717) is 12.4 Å². The number of ether oxygens (including phenoxy) is 1. The van der Waals surface area contributed by atoms with Crippen molar-refractivity contribution in [1.82, 2.24) is 4.98 Å². The molecular formula is C15H13BrN2O2. The number of hydrogen-bond acceptors (Lipinski definition) is 3. The van der Waals surface area contributed by atoms with Gasteiger partial charge >= 0.3 is 6.09 Å². The van der Waals surface area contributed by atoms with Crippen LogP contribution in [-0.2, 0) is 11.2 Å². The highest BCUT2D eigenvalue weighted by Gasteiger charge is 2.34. The number of halogens is 1. The highest BCUT2D eigenvalue weighted by atomic mass is 79.9. The zero-order valence-electron chi connectivity index (χ0n) is 10.7. The summed E-state index contributed by atoms with van der Waals surface area (Å²) < 4.78 is 6.05. The molecule has 2 heterocycles. The third-order valence-corrected chi connectivity index (χ3v) is 3.70. The van der Waals surface area contributed by atoms with E-state index in [4.69, 9.17) is 4.74 Å². The summed E-state index contributed by atoms with van der Waals surface area (Å²) in [7, 11) is 0. The van der Waals surface area contributed by atoms with Gasteiger partial charge in [-0.15, -0.1) is 0 Å². The Labute approximate surface area is 125 Å². The largest absolute Gasteiger partial charge is 0.447 e. The predicted octanol–water partition coefficient (Wildman–Crippen LogP) is 3.41. The Morgan fingerprint density at radius 1 is 1.25 bits per heavy atom. The van der Waals surface area contributed by atoms with Gasteiger partial charge in [-0.3, -0.25) is 4.90 Å². The van der Waals surface area contributed by atoms with E-state index in [1.165, 1.54) is 5.56 Å². The van der Waals surface area contributed by atoms with Crippen molar-refractivity contribution in [2.75, 3.05) is 11.5 Å². The maximum absolute atomic E-state index is 11.9. The fourth-order valence-corrected chi connectivity index (χ4v) is 2.52. The van der Waals surface area contributed by atoms with Crippen molar-refractivity contribution in [2.45, 2.75) is 12.5 Å². The lowest BCUT2D eigenvalue weighted by atomic mass is 10.1. The van der Waals surface area contributed by atoms with Gasteiger partial charge in [0, 0.05) is 10.7 Å². The van der Waals surface area contributed by atoms with Crippen LogP contribution in [0.1, 0.15) is 5.56 Å². The van der Waals surface area contributed by atoms with E-state index in [0.717, 1.165) is 10.9 Å². The number of carbonyl (C=O) groups is 1. The quantitative estimate of drug-likeness (QED) is 0.864. The fraction of sp³-hybridized carbons (Fsp3) is 0.200. The SMILES string of the molecule is O=C1OC[C@H](Cc2ccccc2)N1c1ccc(Br)cn1. The third kappa shape index (κ3) is 2.67. The Morgan fingerprint density at radius 3 is 2.75 bits per heavy atom. The molecule has 0 N–H and O–H groups in total. The highest BCUT2D eigenvalue weighted by molar-refractivity contribution is 9.10. The van der Waals surface area contributed by atoms with Crippen LogP contribution in [0.3, 0.4) is 0 Å². The molecule has 4 nitrogen and oxygen atoms in total. The number of aromatic nitrogens is 1. The standard InChI is InChI=1S/C15H13BrN2O2/c16-12-6-7-14(17-9-12)18-13(10-20-15(18)19)8-11-4-2-1-3-5-11/h1-7,9,13H,8,10H2/t13-/m0/s1. The molecule has 1 amide bonds. The van der Waals surface area contributed by atoms with Gasteiger partial charge in [0.1, 0.15) is 12.4 Å². The number of hydrogen-bond donors (Lipinski definition) is 0. The van der Waals surface area contributed by atoms with Crippen molar-refractivity contribution in [2.24, 2.45) is 0 Å². The van der Waals surface area contributed by atoms with E-state index in [1.54, 1.807) is 11.1 Å². The van der Waals surface area contributed by atoms with E-state index in [9.17, 15) is 4.79 Å². The van der Waals surface area contributed by atoms with Crippen LogP contribution in [0.25, 0.3) is 0 Å². The molecule has 102 valence electrons. The van der Waals surface area contributed by atoms with Crippen molar-refractivity contribution < 1.29 is 9.53 Å². The van der Waals surface area contributed by atoms with E-state index < -0.39 is 0 Å². The highest BCUT2D eigenvalue weighted by Crippen LogP contribution is 2.24. The molecule has 0 radical (unpaired) electrons. The van der Waals surface area contributed by atoms with E-state index in [2.05, 4.69) is 33.0 Å². The van der Waals surface area contributed by atoms with Crippen LogP contribution in [0.5, 0.6) is 0 Å². The lowest BCUT2D eigenvalue weighted by molar-refractivity contribution is 0.178. The second kappa shape index (κ2) is 5.63. The molecule has 0 unspecified atom stereocenters. The van der Waals surface area contributed by atoms with Crippen LogP contribution in [0.15, 0.2) is 53.1 Å². The summed E-state index contributed by atoms with van der Waals surface area (Å²) in [5.74, 6) is 0.622. The molecule has 0 bridgehead atoms. The number of carbonyl (C=O) groups excluding carboxylic acids is 1. The van der Waals surface area contributed by atoms with Gasteiger partial charge in [0.05, 0.1) is 6.04 Å². The minimum Gasteiger partial charge on any atom is -0.447 e. The van der Waals surface area contributed by atoms with Gasteiger partial charge in [0.2, 0.25) is 0 Å². The Kier molecular flexibility index (Phi) is 3.69. The minimum atomic E-state index is -0.333. The van der Waals surface area contributed by atoms with Gasteiger partial charge in [-0.2, -0.15) is 0 Å².